The highest BCUT2D eigenvalue weighted by molar-refractivity contribution is 6.37. The van der Waals surface area contributed by atoms with Crippen LogP contribution in [0.5, 0.6) is 0 Å². The van der Waals surface area contributed by atoms with E-state index in [0.29, 0.717) is 12.8 Å². The minimum absolute atomic E-state index is 0.0834. The van der Waals surface area contributed by atoms with Gasteiger partial charge in [-0.3, -0.25) is 9.59 Å². The lowest BCUT2D eigenvalue weighted by Gasteiger charge is -2.31. The summed E-state index contributed by atoms with van der Waals surface area (Å²) < 4.78 is 4.87. The number of nitrogens with zero attached hydrogens (tertiary/aromatic N) is 2. The van der Waals surface area contributed by atoms with Crippen LogP contribution in [0.3, 0.4) is 0 Å². The van der Waals surface area contributed by atoms with Gasteiger partial charge in [-0.25, -0.2) is 10.2 Å². The van der Waals surface area contributed by atoms with Crippen molar-refractivity contribution in [3.05, 3.63) is 0 Å². The zero-order valence-corrected chi connectivity index (χ0v) is 12.2. The fourth-order valence-corrected chi connectivity index (χ4v) is 2.56. The maximum atomic E-state index is 11.9. The SMILES string of the molecule is N#CC1(NC(=O)COC(=O)C2=NNC(=O)CC2)CCCCC1. The number of esters is 1. The molecule has 8 nitrogen and oxygen atoms in total. The third-order valence-corrected chi connectivity index (χ3v) is 3.77. The van der Waals surface area contributed by atoms with E-state index in [-0.39, 0.29) is 24.5 Å². The summed E-state index contributed by atoms with van der Waals surface area (Å²) in [6.07, 6.45) is 4.42. The van der Waals surface area contributed by atoms with Crippen molar-refractivity contribution in [2.75, 3.05) is 6.61 Å². The molecule has 1 aliphatic carbocycles. The summed E-state index contributed by atoms with van der Waals surface area (Å²) >= 11 is 0. The Morgan fingerprint density at radius 1 is 1.32 bits per heavy atom. The summed E-state index contributed by atoms with van der Waals surface area (Å²) in [4.78, 5) is 34.5. The number of nitrogens with one attached hydrogen (secondary N) is 2. The van der Waals surface area contributed by atoms with E-state index in [9.17, 15) is 19.6 Å². The number of amides is 2. The molecule has 2 amide bonds. The fourth-order valence-electron chi connectivity index (χ4n) is 2.56. The van der Waals surface area contributed by atoms with Crippen molar-refractivity contribution in [2.24, 2.45) is 5.10 Å². The molecular weight excluding hydrogens is 288 g/mol. The van der Waals surface area contributed by atoms with Crippen molar-refractivity contribution in [2.45, 2.75) is 50.5 Å². The van der Waals surface area contributed by atoms with Crippen LogP contribution < -0.4 is 10.7 Å². The zero-order valence-electron chi connectivity index (χ0n) is 12.2. The molecule has 0 unspecified atom stereocenters. The number of hydrogen-bond donors (Lipinski definition) is 2. The molecule has 8 heteroatoms. The van der Waals surface area contributed by atoms with Crippen LogP contribution in [0.1, 0.15) is 44.9 Å². The van der Waals surface area contributed by atoms with Gasteiger partial charge in [-0.05, 0) is 12.8 Å². The molecule has 0 aromatic rings. The molecule has 2 rings (SSSR count). The van der Waals surface area contributed by atoms with Gasteiger partial charge in [-0.1, -0.05) is 19.3 Å². The first-order valence-electron chi connectivity index (χ1n) is 7.29. The highest BCUT2D eigenvalue weighted by Gasteiger charge is 2.33. The van der Waals surface area contributed by atoms with Crippen LogP contribution in [0.2, 0.25) is 0 Å². The molecule has 0 aromatic heterocycles. The monoisotopic (exact) mass is 306 g/mol. The molecular formula is C14H18N4O4. The van der Waals surface area contributed by atoms with Gasteiger partial charge in [-0.2, -0.15) is 10.4 Å². The lowest BCUT2D eigenvalue weighted by atomic mass is 9.83. The van der Waals surface area contributed by atoms with Gasteiger partial charge in [-0.15, -0.1) is 0 Å². The topological polar surface area (TPSA) is 121 Å². The Kier molecular flexibility index (Phi) is 5.09. The Bertz CT molecular complexity index is 544. The predicted octanol–water partition coefficient (Wildman–Crippen LogP) is 0.138. The molecule has 1 fully saturated rings. The van der Waals surface area contributed by atoms with Crippen LogP contribution in [0, 0.1) is 11.3 Å². The molecule has 0 spiro atoms. The van der Waals surface area contributed by atoms with Crippen LogP contribution in [0.25, 0.3) is 0 Å². The van der Waals surface area contributed by atoms with Gasteiger partial charge in [0.1, 0.15) is 11.3 Å². The summed E-state index contributed by atoms with van der Waals surface area (Å²) in [5.74, 6) is -1.50. The Hall–Kier alpha value is -2.43. The molecule has 0 aromatic carbocycles. The summed E-state index contributed by atoms with van der Waals surface area (Å²) in [5.41, 5.74) is 1.42. The summed E-state index contributed by atoms with van der Waals surface area (Å²) in [6, 6.07) is 2.16. The molecule has 0 radical (unpaired) electrons. The first-order valence-corrected chi connectivity index (χ1v) is 7.29. The molecule has 0 saturated heterocycles. The molecule has 1 heterocycles. The van der Waals surface area contributed by atoms with Gasteiger partial charge >= 0.3 is 5.97 Å². The molecule has 2 aliphatic rings. The third-order valence-electron chi connectivity index (χ3n) is 3.77. The Balaban J connectivity index is 1.81. The van der Waals surface area contributed by atoms with E-state index >= 15 is 0 Å². The van der Waals surface area contributed by atoms with Gasteiger partial charge in [0, 0.05) is 12.8 Å². The lowest BCUT2D eigenvalue weighted by Crippen LogP contribution is -2.50. The van der Waals surface area contributed by atoms with Gasteiger partial charge in [0.05, 0.1) is 6.07 Å². The molecule has 22 heavy (non-hydrogen) atoms. The number of hydrogen-bond acceptors (Lipinski definition) is 6. The molecule has 2 N–H and O–H groups in total. The van der Waals surface area contributed by atoms with Crippen molar-refractivity contribution in [3.63, 3.8) is 0 Å². The fraction of sp³-hybridized carbons (Fsp3) is 0.643. The van der Waals surface area contributed by atoms with Crippen molar-refractivity contribution in [1.82, 2.24) is 10.7 Å². The highest BCUT2D eigenvalue weighted by Crippen LogP contribution is 2.27. The van der Waals surface area contributed by atoms with Crippen LogP contribution in [-0.4, -0.2) is 35.6 Å². The first kappa shape index (κ1) is 15.9. The van der Waals surface area contributed by atoms with E-state index in [4.69, 9.17) is 4.74 Å². The molecule has 1 saturated carbocycles. The predicted molar refractivity (Wildman–Crippen MR) is 75.3 cm³/mol. The molecule has 0 bridgehead atoms. The van der Waals surface area contributed by atoms with Crippen molar-refractivity contribution < 1.29 is 19.1 Å². The van der Waals surface area contributed by atoms with E-state index in [2.05, 4.69) is 21.9 Å². The molecule has 1 aliphatic heterocycles. The van der Waals surface area contributed by atoms with Crippen LogP contribution in [0.15, 0.2) is 5.10 Å². The normalized spacial score (nSPS) is 20.1. The average molecular weight is 306 g/mol. The summed E-state index contributed by atoms with van der Waals surface area (Å²) in [7, 11) is 0. The largest absolute Gasteiger partial charge is 0.451 e. The van der Waals surface area contributed by atoms with Crippen molar-refractivity contribution in [1.29, 1.82) is 5.26 Å². The Morgan fingerprint density at radius 3 is 2.64 bits per heavy atom. The molecule has 0 atom stereocenters. The number of nitriles is 1. The van der Waals surface area contributed by atoms with Crippen molar-refractivity contribution >= 4 is 23.5 Å². The first-order chi connectivity index (χ1) is 10.5. The van der Waals surface area contributed by atoms with Gasteiger partial charge in [0.15, 0.2) is 6.61 Å². The number of rotatable bonds is 4. The number of carbonyl (C=O) groups excluding carboxylic acids is 3. The second-order valence-corrected chi connectivity index (χ2v) is 5.47. The van der Waals surface area contributed by atoms with Gasteiger partial charge in [0.2, 0.25) is 5.91 Å². The standard InChI is InChI=1S/C14H18N4O4/c15-9-14(6-2-1-3-7-14)16-12(20)8-22-13(21)10-4-5-11(19)18-17-10/h1-8H2,(H,16,20)(H,18,19). The van der Waals surface area contributed by atoms with E-state index in [0.717, 1.165) is 19.3 Å². The smallest absolute Gasteiger partial charge is 0.355 e. The van der Waals surface area contributed by atoms with Crippen LogP contribution in [-0.2, 0) is 19.1 Å². The molecule has 118 valence electrons. The Labute approximate surface area is 127 Å². The lowest BCUT2D eigenvalue weighted by molar-refractivity contribution is -0.143. The zero-order chi connectivity index (χ0) is 16.0. The van der Waals surface area contributed by atoms with Gasteiger partial charge in [0.25, 0.3) is 5.91 Å². The van der Waals surface area contributed by atoms with Crippen LogP contribution >= 0.6 is 0 Å². The summed E-state index contributed by atoms with van der Waals surface area (Å²) in [5, 5.41) is 15.5. The maximum Gasteiger partial charge on any atom is 0.355 e. The Morgan fingerprint density at radius 2 is 2.05 bits per heavy atom. The summed E-state index contributed by atoms with van der Waals surface area (Å²) in [6.45, 7) is -0.463. The number of carbonyl (C=O) groups is 3. The van der Waals surface area contributed by atoms with Crippen LogP contribution in [0.4, 0.5) is 0 Å². The highest BCUT2D eigenvalue weighted by atomic mass is 16.5. The minimum Gasteiger partial charge on any atom is -0.451 e. The second kappa shape index (κ2) is 7.02. The van der Waals surface area contributed by atoms with E-state index in [1.807, 2.05) is 0 Å². The number of ether oxygens (including phenoxy) is 1. The van der Waals surface area contributed by atoms with E-state index in [1.54, 1.807) is 0 Å². The maximum absolute atomic E-state index is 11.9. The van der Waals surface area contributed by atoms with E-state index in [1.165, 1.54) is 0 Å². The minimum atomic E-state index is -0.849. The van der Waals surface area contributed by atoms with Gasteiger partial charge < -0.3 is 10.1 Å². The van der Waals surface area contributed by atoms with Crippen molar-refractivity contribution in [3.8, 4) is 6.07 Å². The number of hydrazone groups is 1. The average Bonchev–Trinajstić information content (AvgIpc) is 2.54. The van der Waals surface area contributed by atoms with E-state index < -0.39 is 24.0 Å². The second-order valence-electron chi connectivity index (χ2n) is 5.47. The third kappa shape index (κ3) is 4.04. The quantitative estimate of drug-likeness (QED) is 0.716.